The number of hydrogen-bond acceptors (Lipinski definition) is 3. The lowest BCUT2D eigenvalue weighted by molar-refractivity contribution is 0.227. The summed E-state index contributed by atoms with van der Waals surface area (Å²) in [6.07, 6.45) is 2.51. The van der Waals surface area contributed by atoms with Gasteiger partial charge in [-0.1, -0.05) is 18.2 Å². The molecule has 1 unspecified atom stereocenters. The van der Waals surface area contributed by atoms with Crippen LogP contribution in [0.2, 0.25) is 0 Å². The van der Waals surface area contributed by atoms with E-state index < -0.39 is 0 Å². The van der Waals surface area contributed by atoms with Gasteiger partial charge in [0, 0.05) is 13.0 Å². The van der Waals surface area contributed by atoms with Gasteiger partial charge in [-0.15, -0.1) is 0 Å². The van der Waals surface area contributed by atoms with Crippen molar-refractivity contribution in [2.24, 2.45) is 0 Å². The van der Waals surface area contributed by atoms with Gasteiger partial charge >= 0.3 is 0 Å². The first-order chi connectivity index (χ1) is 7.90. The Kier molecular flexibility index (Phi) is 4.19. The van der Waals surface area contributed by atoms with E-state index in [2.05, 4.69) is 28.8 Å². The smallest absolute Gasteiger partial charge is 0.123 e. The molecule has 0 saturated heterocycles. The van der Waals surface area contributed by atoms with E-state index in [4.69, 9.17) is 4.74 Å². The van der Waals surface area contributed by atoms with Crippen LogP contribution in [0.3, 0.4) is 0 Å². The van der Waals surface area contributed by atoms with E-state index in [1.807, 2.05) is 13.1 Å². The summed E-state index contributed by atoms with van der Waals surface area (Å²) in [5.74, 6) is 1.06. The number of rotatable bonds is 6. The van der Waals surface area contributed by atoms with Crippen LogP contribution in [0.4, 0.5) is 0 Å². The van der Waals surface area contributed by atoms with Crippen molar-refractivity contribution in [1.29, 1.82) is 0 Å². The van der Waals surface area contributed by atoms with Crippen molar-refractivity contribution >= 4 is 0 Å². The van der Waals surface area contributed by atoms with Gasteiger partial charge in [-0.2, -0.15) is 0 Å². The minimum absolute atomic E-state index is 0.312. The molecule has 0 radical (unpaired) electrons. The van der Waals surface area contributed by atoms with Crippen LogP contribution in [0.1, 0.15) is 12.0 Å². The Bertz CT molecular complexity index is 302. The van der Waals surface area contributed by atoms with Crippen LogP contribution in [0.15, 0.2) is 24.3 Å². The van der Waals surface area contributed by atoms with Crippen molar-refractivity contribution in [2.45, 2.75) is 18.9 Å². The van der Waals surface area contributed by atoms with Gasteiger partial charge in [-0.3, -0.25) is 0 Å². The van der Waals surface area contributed by atoms with Crippen LogP contribution < -0.4 is 15.4 Å². The predicted molar refractivity (Wildman–Crippen MR) is 66.0 cm³/mol. The number of benzene rings is 1. The Labute approximate surface area is 97.2 Å². The minimum atomic E-state index is 0.312. The van der Waals surface area contributed by atoms with E-state index in [1.54, 1.807) is 0 Å². The molecule has 0 aromatic heterocycles. The van der Waals surface area contributed by atoms with Gasteiger partial charge in [0.15, 0.2) is 0 Å². The van der Waals surface area contributed by atoms with Crippen LogP contribution in [0, 0.1) is 0 Å². The van der Waals surface area contributed by atoms with E-state index in [0.29, 0.717) is 6.10 Å². The number of hydrogen-bond donors (Lipinski definition) is 2. The number of para-hydroxylation sites is 1. The Morgan fingerprint density at radius 3 is 3.00 bits per heavy atom. The molecule has 1 heterocycles. The Hall–Kier alpha value is -1.06. The zero-order chi connectivity index (χ0) is 11.2. The SMILES string of the molecule is CNCCCNCC1Cc2ccccc2O1. The van der Waals surface area contributed by atoms with Crippen LogP contribution in [-0.4, -0.2) is 32.8 Å². The van der Waals surface area contributed by atoms with Gasteiger partial charge in [0.05, 0.1) is 0 Å². The average molecular weight is 220 g/mol. The standard InChI is InChI=1S/C13H20N2O/c1-14-7-4-8-15-10-12-9-11-5-2-3-6-13(11)16-12/h2-3,5-6,12,14-15H,4,7-10H2,1H3. The maximum absolute atomic E-state index is 5.84. The van der Waals surface area contributed by atoms with E-state index in [9.17, 15) is 0 Å². The summed E-state index contributed by atoms with van der Waals surface area (Å²) in [5.41, 5.74) is 1.34. The van der Waals surface area contributed by atoms with Crippen molar-refractivity contribution in [2.75, 3.05) is 26.7 Å². The highest BCUT2D eigenvalue weighted by molar-refractivity contribution is 5.37. The second-order valence-electron chi connectivity index (χ2n) is 4.21. The summed E-state index contributed by atoms with van der Waals surface area (Å²) < 4.78 is 5.84. The topological polar surface area (TPSA) is 33.3 Å². The quantitative estimate of drug-likeness (QED) is 0.707. The molecule has 1 aromatic carbocycles. The second-order valence-corrected chi connectivity index (χ2v) is 4.21. The fraction of sp³-hybridized carbons (Fsp3) is 0.538. The van der Waals surface area contributed by atoms with E-state index in [0.717, 1.165) is 38.2 Å². The predicted octanol–water partition coefficient (Wildman–Crippen LogP) is 1.19. The third-order valence-corrected chi connectivity index (χ3v) is 2.87. The molecule has 2 rings (SSSR count). The Morgan fingerprint density at radius 1 is 1.31 bits per heavy atom. The molecule has 0 fully saturated rings. The molecule has 1 aliphatic heterocycles. The van der Waals surface area contributed by atoms with Crippen LogP contribution >= 0.6 is 0 Å². The molecule has 3 nitrogen and oxygen atoms in total. The van der Waals surface area contributed by atoms with E-state index in [1.165, 1.54) is 5.56 Å². The molecule has 0 aliphatic carbocycles. The van der Waals surface area contributed by atoms with Crippen LogP contribution in [0.25, 0.3) is 0 Å². The van der Waals surface area contributed by atoms with E-state index in [-0.39, 0.29) is 0 Å². The van der Waals surface area contributed by atoms with Crippen LogP contribution in [0.5, 0.6) is 5.75 Å². The summed E-state index contributed by atoms with van der Waals surface area (Å²) in [6, 6.07) is 8.30. The van der Waals surface area contributed by atoms with Gasteiger partial charge in [0.1, 0.15) is 11.9 Å². The Morgan fingerprint density at radius 2 is 2.19 bits per heavy atom. The fourth-order valence-corrected chi connectivity index (χ4v) is 2.02. The number of fused-ring (bicyclic) bond motifs is 1. The first-order valence-electron chi connectivity index (χ1n) is 6.00. The molecule has 0 spiro atoms. The van der Waals surface area contributed by atoms with Crippen molar-refractivity contribution in [3.63, 3.8) is 0 Å². The summed E-state index contributed by atoms with van der Waals surface area (Å²) in [5, 5.41) is 6.57. The Balaban J connectivity index is 1.67. The zero-order valence-corrected chi connectivity index (χ0v) is 9.83. The summed E-state index contributed by atoms with van der Waals surface area (Å²) in [6.45, 7) is 3.06. The zero-order valence-electron chi connectivity index (χ0n) is 9.83. The summed E-state index contributed by atoms with van der Waals surface area (Å²) in [4.78, 5) is 0. The highest BCUT2D eigenvalue weighted by atomic mass is 16.5. The fourth-order valence-electron chi connectivity index (χ4n) is 2.02. The number of nitrogens with one attached hydrogen (secondary N) is 2. The van der Waals surface area contributed by atoms with Gasteiger partial charge in [0.2, 0.25) is 0 Å². The van der Waals surface area contributed by atoms with Gasteiger partial charge < -0.3 is 15.4 Å². The maximum atomic E-state index is 5.84. The molecule has 1 atom stereocenters. The third-order valence-electron chi connectivity index (χ3n) is 2.87. The third kappa shape index (κ3) is 2.97. The van der Waals surface area contributed by atoms with E-state index >= 15 is 0 Å². The van der Waals surface area contributed by atoms with Crippen molar-refractivity contribution in [1.82, 2.24) is 10.6 Å². The summed E-state index contributed by atoms with van der Waals surface area (Å²) >= 11 is 0. The summed E-state index contributed by atoms with van der Waals surface area (Å²) in [7, 11) is 1.98. The van der Waals surface area contributed by atoms with Gasteiger partial charge in [0.25, 0.3) is 0 Å². The van der Waals surface area contributed by atoms with Crippen molar-refractivity contribution in [3.8, 4) is 5.75 Å². The van der Waals surface area contributed by atoms with Crippen LogP contribution in [-0.2, 0) is 6.42 Å². The molecule has 88 valence electrons. The lowest BCUT2D eigenvalue weighted by Gasteiger charge is -2.11. The largest absolute Gasteiger partial charge is 0.488 e. The lowest BCUT2D eigenvalue weighted by Crippen LogP contribution is -2.31. The lowest BCUT2D eigenvalue weighted by atomic mass is 10.1. The molecule has 1 aromatic rings. The molecule has 1 aliphatic rings. The normalized spacial score (nSPS) is 18.2. The first-order valence-corrected chi connectivity index (χ1v) is 6.00. The molecule has 0 saturated carbocycles. The molecule has 3 heteroatoms. The molecule has 0 amide bonds. The molecule has 16 heavy (non-hydrogen) atoms. The maximum Gasteiger partial charge on any atom is 0.123 e. The highest BCUT2D eigenvalue weighted by Crippen LogP contribution is 2.27. The van der Waals surface area contributed by atoms with Crippen molar-refractivity contribution < 1.29 is 4.74 Å². The van der Waals surface area contributed by atoms with Crippen molar-refractivity contribution in [3.05, 3.63) is 29.8 Å². The monoisotopic (exact) mass is 220 g/mol. The minimum Gasteiger partial charge on any atom is -0.488 e. The molecule has 0 bridgehead atoms. The van der Waals surface area contributed by atoms with Gasteiger partial charge in [-0.25, -0.2) is 0 Å². The molecular formula is C13H20N2O. The van der Waals surface area contributed by atoms with Gasteiger partial charge in [-0.05, 0) is 38.2 Å². The first kappa shape index (κ1) is 11.4. The molecule has 2 N–H and O–H groups in total. The highest BCUT2D eigenvalue weighted by Gasteiger charge is 2.21. The number of ether oxygens (including phenoxy) is 1. The molecular weight excluding hydrogens is 200 g/mol. The second kappa shape index (κ2) is 5.87. The average Bonchev–Trinajstić information content (AvgIpc) is 2.71.